The maximum absolute atomic E-state index is 15.4. The third-order valence-corrected chi connectivity index (χ3v) is 6.14. The topological polar surface area (TPSA) is 88.8 Å². The minimum Gasteiger partial charge on any atom is -0.309 e. The van der Waals surface area contributed by atoms with Crippen molar-refractivity contribution in [2.45, 2.75) is 19.8 Å². The van der Waals surface area contributed by atoms with Crippen LogP contribution in [0.5, 0.6) is 0 Å². The highest BCUT2D eigenvalue weighted by molar-refractivity contribution is 6.30. The van der Waals surface area contributed by atoms with Crippen LogP contribution in [-0.2, 0) is 24.7 Å². The summed E-state index contributed by atoms with van der Waals surface area (Å²) in [5, 5.41) is 7.52. The van der Waals surface area contributed by atoms with Crippen LogP contribution in [0.2, 0.25) is 5.15 Å². The lowest BCUT2D eigenvalue weighted by Gasteiger charge is -2.19. The zero-order chi connectivity index (χ0) is 23.8. The molecule has 10 heteroatoms. The van der Waals surface area contributed by atoms with Gasteiger partial charge < -0.3 is 10.2 Å². The molecular weight excluding hydrogens is 457 g/mol. The first-order chi connectivity index (χ1) is 16.4. The van der Waals surface area contributed by atoms with E-state index in [2.05, 4.69) is 25.4 Å². The molecular formula is C24H21ClFN7O. The number of pyridine rings is 1. The van der Waals surface area contributed by atoms with E-state index in [1.165, 1.54) is 11.0 Å². The molecule has 172 valence electrons. The molecule has 1 aliphatic heterocycles. The van der Waals surface area contributed by atoms with Crippen LogP contribution >= 0.6 is 11.6 Å². The van der Waals surface area contributed by atoms with E-state index in [0.29, 0.717) is 41.4 Å². The number of amides is 1. The molecule has 0 unspecified atom stereocenters. The molecule has 0 bridgehead atoms. The van der Waals surface area contributed by atoms with Crippen LogP contribution in [0.3, 0.4) is 0 Å². The van der Waals surface area contributed by atoms with Gasteiger partial charge in [-0.25, -0.2) is 19.3 Å². The van der Waals surface area contributed by atoms with Crippen LogP contribution in [0.4, 0.5) is 21.8 Å². The van der Waals surface area contributed by atoms with Crippen molar-refractivity contribution in [3.63, 3.8) is 0 Å². The Bertz CT molecular complexity index is 1400. The van der Waals surface area contributed by atoms with Crippen LogP contribution in [0.1, 0.15) is 16.7 Å². The van der Waals surface area contributed by atoms with E-state index in [4.69, 9.17) is 11.6 Å². The second-order valence-corrected chi connectivity index (χ2v) is 8.44. The van der Waals surface area contributed by atoms with Crippen LogP contribution < -0.4 is 10.2 Å². The van der Waals surface area contributed by atoms with Gasteiger partial charge in [-0.2, -0.15) is 5.10 Å². The second kappa shape index (κ2) is 8.83. The van der Waals surface area contributed by atoms with Gasteiger partial charge in [-0.05, 0) is 48.2 Å². The van der Waals surface area contributed by atoms with Gasteiger partial charge in [0.05, 0.1) is 24.0 Å². The van der Waals surface area contributed by atoms with Gasteiger partial charge in [0, 0.05) is 37.6 Å². The lowest BCUT2D eigenvalue weighted by molar-refractivity contribution is -0.117. The molecule has 0 aliphatic carbocycles. The van der Waals surface area contributed by atoms with E-state index in [9.17, 15) is 4.79 Å². The normalized spacial score (nSPS) is 12.6. The zero-order valence-electron chi connectivity index (χ0n) is 18.6. The third-order valence-electron chi connectivity index (χ3n) is 5.80. The fourth-order valence-electron chi connectivity index (χ4n) is 4.09. The summed E-state index contributed by atoms with van der Waals surface area (Å²) in [6.45, 7) is 2.28. The number of nitrogens with zero attached hydrogens (tertiary/aromatic N) is 6. The summed E-state index contributed by atoms with van der Waals surface area (Å²) in [5.41, 5.74) is 3.76. The number of halogens is 2. The van der Waals surface area contributed by atoms with Crippen molar-refractivity contribution in [3.8, 4) is 11.3 Å². The highest BCUT2D eigenvalue weighted by Crippen LogP contribution is 2.36. The fourth-order valence-corrected chi connectivity index (χ4v) is 4.28. The lowest BCUT2D eigenvalue weighted by atomic mass is 10.0. The average molecular weight is 478 g/mol. The van der Waals surface area contributed by atoms with E-state index < -0.39 is 5.82 Å². The van der Waals surface area contributed by atoms with Crippen molar-refractivity contribution < 1.29 is 9.18 Å². The number of carbonyl (C=O) groups excluding carboxylic acids is 1. The smallest absolute Gasteiger partial charge is 0.231 e. The van der Waals surface area contributed by atoms with Crippen molar-refractivity contribution >= 4 is 35.0 Å². The van der Waals surface area contributed by atoms with Crippen molar-refractivity contribution in [1.82, 2.24) is 24.7 Å². The average Bonchev–Trinajstić information content (AvgIpc) is 3.43. The molecule has 0 saturated heterocycles. The molecule has 4 aromatic rings. The Morgan fingerprint density at radius 1 is 1.24 bits per heavy atom. The van der Waals surface area contributed by atoms with Gasteiger partial charge >= 0.3 is 0 Å². The highest BCUT2D eigenvalue weighted by Gasteiger charge is 2.29. The monoisotopic (exact) mass is 477 g/mol. The van der Waals surface area contributed by atoms with Gasteiger partial charge in [0.2, 0.25) is 11.9 Å². The van der Waals surface area contributed by atoms with E-state index in [-0.39, 0.29) is 17.5 Å². The van der Waals surface area contributed by atoms with Gasteiger partial charge in [-0.15, -0.1) is 0 Å². The molecule has 0 radical (unpaired) electrons. The van der Waals surface area contributed by atoms with Crippen molar-refractivity contribution in [2.75, 3.05) is 16.8 Å². The summed E-state index contributed by atoms with van der Waals surface area (Å²) in [5.74, 6) is 0.434. The van der Waals surface area contributed by atoms with Gasteiger partial charge in [0.25, 0.3) is 0 Å². The molecule has 0 fully saturated rings. The second-order valence-electron chi connectivity index (χ2n) is 8.08. The molecule has 0 spiro atoms. The molecule has 1 aromatic carbocycles. The van der Waals surface area contributed by atoms with Gasteiger partial charge in [-0.3, -0.25) is 9.48 Å². The summed E-state index contributed by atoms with van der Waals surface area (Å²) in [6.07, 6.45) is 5.54. The van der Waals surface area contributed by atoms with Gasteiger partial charge in [0.1, 0.15) is 16.8 Å². The van der Waals surface area contributed by atoms with E-state index in [1.807, 2.05) is 26.1 Å². The van der Waals surface area contributed by atoms with Crippen molar-refractivity contribution in [1.29, 1.82) is 0 Å². The first-order valence-corrected chi connectivity index (χ1v) is 11.1. The molecule has 1 aliphatic rings. The molecule has 0 atom stereocenters. The summed E-state index contributed by atoms with van der Waals surface area (Å²) in [7, 11) is 1.81. The summed E-state index contributed by atoms with van der Waals surface area (Å²) < 4.78 is 17.0. The highest BCUT2D eigenvalue weighted by atomic mass is 35.5. The molecule has 5 rings (SSSR count). The predicted molar refractivity (Wildman–Crippen MR) is 128 cm³/mol. The molecule has 34 heavy (non-hydrogen) atoms. The zero-order valence-corrected chi connectivity index (χ0v) is 19.3. The Morgan fingerprint density at radius 3 is 2.85 bits per heavy atom. The quantitative estimate of drug-likeness (QED) is 0.432. The van der Waals surface area contributed by atoms with Crippen LogP contribution in [0, 0.1) is 12.7 Å². The number of aromatic nitrogens is 5. The standard InChI is InChI=1S/C24H21ClFN7O/c1-14-13-28-24(30-19-5-8-29-32(19)2)31-21(14)17-10-15-6-9-33(22(15)18(26)11-17)20(34)12-16-4-3-7-27-23(16)25/h3-5,7-8,10-11,13H,6,9,12H2,1-2H3,(H,28,30,31). The Morgan fingerprint density at radius 2 is 2.09 bits per heavy atom. The first-order valence-electron chi connectivity index (χ1n) is 10.7. The van der Waals surface area contributed by atoms with E-state index >= 15 is 4.39 Å². The van der Waals surface area contributed by atoms with Gasteiger partial charge in [-0.1, -0.05) is 17.7 Å². The summed E-state index contributed by atoms with van der Waals surface area (Å²) >= 11 is 6.10. The van der Waals surface area contributed by atoms with Crippen LogP contribution in [0.25, 0.3) is 11.3 Å². The molecule has 3 aromatic heterocycles. The minimum atomic E-state index is -0.463. The largest absolute Gasteiger partial charge is 0.309 e. The Balaban J connectivity index is 1.44. The molecule has 8 nitrogen and oxygen atoms in total. The number of anilines is 3. The van der Waals surface area contributed by atoms with E-state index in [1.54, 1.807) is 35.4 Å². The Hall–Kier alpha value is -3.85. The number of carbonyl (C=O) groups is 1. The van der Waals surface area contributed by atoms with Crippen molar-refractivity contribution in [2.24, 2.45) is 7.05 Å². The molecule has 0 saturated carbocycles. The molecule has 4 heterocycles. The number of benzene rings is 1. The van der Waals surface area contributed by atoms with Crippen LogP contribution in [-0.4, -0.2) is 37.2 Å². The Labute approximate surface area is 200 Å². The molecule has 1 N–H and O–H groups in total. The number of aryl methyl sites for hydroxylation is 2. The van der Waals surface area contributed by atoms with E-state index in [0.717, 1.165) is 16.9 Å². The molecule has 1 amide bonds. The Kier molecular flexibility index (Phi) is 5.70. The number of rotatable bonds is 5. The van der Waals surface area contributed by atoms with Gasteiger partial charge in [0.15, 0.2) is 0 Å². The number of nitrogens with one attached hydrogen (secondary N) is 1. The summed E-state index contributed by atoms with van der Waals surface area (Å²) in [4.78, 5) is 27.4. The third kappa shape index (κ3) is 4.10. The SMILES string of the molecule is Cc1cnc(Nc2ccnn2C)nc1-c1cc(F)c2c(c1)CCN2C(=O)Cc1cccnc1Cl. The fraction of sp³-hybridized carbons (Fsp3) is 0.208. The maximum Gasteiger partial charge on any atom is 0.231 e. The van der Waals surface area contributed by atoms with Crippen LogP contribution in [0.15, 0.2) is 48.9 Å². The number of hydrogen-bond donors (Lipinski definition) is 1. The van der Waals surface area contributed by atoms with Crippen molar-refractivity contribution in [3.05, 3.63) is 76.6 Å². The minimum absolute atomic E-state index is 0.0569. The number of fused-ring (bicyclic) bond motifs is 1. The summed E-state index contributed by atoms with van der Waals surface area (Å²) in [6, 6.07) is 8.60. The number of hydrogen-bond acceptors (Lipinski definition) is 6. The maximum atomic E-state index is 15.4. The first kappa shape index (κ1) is 22.0. The lowest BCUT2D eigenvalue weighted by Crippen LogP contribution is -2.31. The predicted octanol–water partition coefficient (Wildman–Crippen LogP) is 4.25.